The molecule has 4 nitrogen and oxygen atoms in total. The van der Waals surface area contributed by atoms with Crippen LogP contribution in [-0.4, -0.2) is 17.9 Å². The van der Waals surface area contributed by atoms with Gasteiger partial charge in [-0.05, 0) is 30.9 Å². The zero-order valence-electron chi connectivity index (χ0n) is 11.5. The van der Waals surface area contributed by atoms with E-state index in [0.29, 0.717) is 10.7 Å². The first-order valence-electron chi connectivity index (χ1n) is 6.90. The Morgan fingerprint density at radius 3 is 2.50 bits per heavy atom. The first-order chi connectivity index (χ1) is 9.58. The highest BCUT2D eigenvalue weighted by Gasteiger charge is 2.31. The number of halogens is 1. The van der Waals surface area contributed by atoms with Gasteiger partial charge in [0.05, 0.1) is 10.7 Å². The molecule has 0 spiro atoms. The molecule has 0 bridgehead atoms. The second kappa shape index (κ2) is 6.75. The maximum absolute atomic E-state index is 12.4. The molecule has 0 unspecified atom stereocenters. The third-order valence-corrected chi connectivity index (χ3v) is 3.97. The number of hydrogen-bond acceptors (Lipinski definition) is 2. The lowest BCUT2D eigenvalue weighted by Crippen LogP contribution is -2.47. The van der Waals surface area contributed by atoms with Crippen LogP contribution in [0, 0.1) is 5.92 Å². The molecule has 5 heteroatoms. The van der Waals surface area contributed by atoms with Crippen LogP contribution in [0.15, 0.2) is 24.3 Å². The third-order valence-electron chi connectivity index (χ3n) is 3.64. The van der Waals surface area contributed by atoms with Crippen LogP contribution in [-0.2, 0) is 9.59 Å². The van der Waals surface area contributed by atoms with Crippen molar-refractivity contribution < 1.29 is 9.59 Å². The number of amides is 2. The zero-order valence-corrected chi connectivity index (χ0v) is 12.2. The quantitative estimate of drug-likeness (QED) is 0.897. The normalized spacial score (nSPS) is 16.7. The molecule has 0 radical (unpaired) electrons. The molecule has 1 aromatic carbocycles. The highest BCUT2D eigenvalue weighted by atomic mass is 35.5. The molecule has 20 heavy (non-hydrogen) atoms. The minimum absolute atomic E-state index is 0.184. The molecule has 0 heterocycles. The van der Waals surface area contributed by atoms with E-state index in [2.05, 4.69) is 10.6 Å². The van der Waals surface area contributed by atoms with E-state index >= 15 is 0 Å². The van der Waals surface area contributed by atoms with Crippen LogP contribution in [0.4, 0.5) is 5.69 Å². The van der Waals surface area contributed by atoms with Gasteiger partial charge < -0.3 is 10.6 Å². The summed E-state index contributed by atoms with van der Waals surface area (Å²) < 4.78 is 0. The van der Waals surface area contributed by atoms with E-state index in [4.69, 9.17) is 11.6 Å². The van der Waals surface area contributed by atoms with Crippen molar-refractivity contribution in [1.82, 2.24) is 5.32 Å². The smallest absolute Gasteiger partial charge is 0.247 e. The molecular weight excluding hydrogens is 276 g/mol. The van der Waals surface area contributed by atoms with E-state index in [-0.39, 0.29) is 17.7 Å². The number of anilines is 1. The van der Waals surface area contributed by atoms with Gasteiger partial charge in [0.1, 0.15) is 6.04 Å². The molecule has 1 aromatic rings. The molecule has 1 fully saturated rings. The summed E-state index contributed by atoms with van der Waals surface area (Å²) in [6.45, 7) is 1.44. The fraction of sp³-hybridized carbons (Fsp3) is 0.467. The minimum Gasteiger partial charge on any atom is -0.344 e. The second-order valence-corrected chi connectivity index (χ2v) is 5.60. The predicted molar refractivity (Wildman–Crippen MR) is 79.6 cm³/mol. The maximum Gasteiger partial charge on any atom is 0.247 e. The summed E-state index contributed by atoms with van der Waals surface area (Å²) in [5.74, 6) is -0.169. The van der Waals surface area contributed by atoms with Crippen molar-refractivity contribution in [2.75, 3.05) is 5.32 Å². The zero-order chi connectivity index (χ0) is 14.5. The lowest BCUT2D eigenvalue weighted by Gasteiger charge is -2.23. The van der Waals surface area contributed by atoms with Crippen molar-refractivity contribution in [3.63, 3.8) is 0 Å². The van der Waals surface area contributed by atoms with Crippen molar-refractivity contribution in [2.45, 2.75) is 38.6 Å². The Morgan fingerprint density at radius 2 is 1.90 bits per heavy atom. The number of carbonyl (C=O) groups is 2. The van der Waals surface area contributed by atoms with E-state index in [9.17, 15) is 9.59 Å². The molecule has 2 amide bonds. The van der Waals surface area contributed by atoms with E-state index in [1.165, 1.54) is 6.92 Å². The Kier molecular flexibility index (Phi) is 5.01. The lowest BCUT2D eigenvalue weighted by molar-refractivity contribution is -0.126. The van der Waals surface area contributed by atoms with Gasteiger partial charge in [-0.1, -0.05) is 36.6 Å². The Labute approximate surface area is 123 Å². The summed E-state index contributed by atoms with van der Waals surface area (Å²) >= 11 is 6.04. The summed E-state index contributed by atoms with van der Waals surface area (Å²) in [6.07, 6.45) is 4.17. The Hall–Kier alpha value is -1.55. The molecule has 2 N–H and O–H groups in total. The summed E-state index contributed by atoms with van der Waals surface area (Å²) in [5.41, 5.74) is 0.576. The van der Waals surface area contributed by atoms with Crippen LogP contribution in [0.1, 0.15) is 32.6 Å². The van der Waals surface area contributed by atoms with Gasteiger partial charge in [0.15, 0.2) is 0 Å². The van der Waals surface area contributed by atoms with Gasteiger partial charge in [-0.15, -0.1) is 0 Å². The average Bonchev–Trinajstić information content (AvgIpc) is 2.92. The topological polar surface area (TPSA) is 58.2 Å². The SMILES string of the molecule is CC(=O)N[C@H](C(=O)Nc1ccccc1Cl)C1CCCC1. The Morgan fingerprint density at radius 1 is 1.25 bits per heavy atom. The molecule has 1 aliphatic rings. The highest BCUT2D eigenvalue weighted by Crippen LogP contribution is 2.29. The number of rotatable bonds is 4. The van der Waals surface area contributed by atoms with Crippen molar-refractivity contribution in [2.24, 2.45) is 5.92 Å². The number of para-hydroxylation sites is 1. The number of hydrogen-bond donors (Lipinski definition) is 2. The molecule has 0 aliphatic heterocycles. The van der Waals surface area contributed by atoms with Gasteiger partial charge in [-0.3, -0.25) is 9.59 Å². The molecule has 1 aliphatic carbocycles. The summed E-state index contributed by atoms with van der Waals surface area (Å²) in [5, 5.41) is 6.07. The molecule has 1 saturated carbocycles. The number of carbonyl (C=O) groups excluding carboxylic acids is 2. The van der Waals surface area contributed by atoms with Crippen LogP contribution in [0.2, 0.25) is 5.02 Å². The first-order valence-corrected chi connectivity index (χ1v) is 7.28. The lowest BCUT2D eigenvalue weighted by atomic mass is 9.97. The minimum atomic E-state index is -0.480. The fourth-order valence-electron chi connectivity index (χ4n) is 2.68. The largest absolute Gasteiger partial charge is 0.344 e. The Bertz CT molecular complexity index is 498. The monoisotopic (exact) mass is 294 g/mol. The summed E-state index contributed by atoms with van der Waals surface area (Å²) in [4.78, 5) is 23.7. The molecule has 1 atom stereocenters. The molecule has 0 saturated heterocycles. The van der Waals surface area contributed by atoms with Gasteiger partial charge in [0.2, 0.25) is 11.8 Å². The van der Waals surface area contributed by atoms with Crippen molar-refractivity contribution in [1.29, 1.82) is 0 Å². The first kappa shape index (κ1) is 14.9. The van der Waals surface area contributed by atoms with Crippen LogP contribution < -0.4 is 10.6 Å². The van der Waals surface area contributed by atoms with Crippen LogP contribution >= 0.6 is 11.6 Å². The molecular formula is C15H19ClN2O2. The fourth-order valence-corrected chi connectivity index (χ4v) is 2.86. The van der Waals surface area contributed by atoms with E-state index < -0.39 is 6.04 Å². The third kappa shape index (κ3) is 3.73. The number of nitrogens with one attached hydrogen (secondary N) is 2. The van der Waals surface area contributed by atoms with Gasteiger partial charge in [-0.2, -0.15) is 0 Å². The van der Waals surface area contributed by atoms with Crippen molar-refractivity contribution in [3.05, 3.63) is 29.3 Å². The van der Waals surface area contributed by atoms with Crippen molar-refractivity contribution >= 4 is 29.1 Å². The summed E-state index contributed by atoms with van der Waals surface area (Å²) in [6, 6.07) is 6.61. The van der Waals surface area contributed by atoms with Crippen LogP contribution in [0.3, 0.4) is 0 Å². The van der Waals surface area contributed by atoms with Gasteiger partial charge in [0, 0.05) is 6.92 Å². The van der Waals surface area contributed by atoms with Gasteiger partial charge >= 0.3 is 0 Å². The van der Waals surface area contributed by atoms with E-state index in [0.717, 1.165) is 25.7 Å². The van der Waals surface area contributed by atoms with E-state index in [1.807, 2.05) is 6.07 Å². The molecule has 108 valence electrons. The molecule has 0 aromatic heterocycles. The average molecular weight is 295 g/mol. The predicted octanol–water partition coefficient (Wildman–Crippen LogP) is 2.97. The van der Waals surface area contributed by atoms with Crippen molar-refractivity contribution in [3.8, 4) is 0 Å². The van der Waals surface area contributed by atoms with E-state index in [1.54, 1.807) is 18.2 Å². The maximum atomic E-state index is 12.4. The van der Waals surface area contributed by atoms with Crippen LogP contribution in [0.25, 0.3) is 0 Å². The molecule has 2 rings (SSSR count). The van der Waals surface area contributed by atoms with Crippen LogP contribution in [0.5, 0.6) is 0 Å². The standard InChI is InChI=1S/C15H19ClN2O2/c1-10(19)17-14(11-6-2-3-7-11)15(20)18-13-9-5-4-8-12(13)16/h4-5,8-9,11,14H,2-3,6-7H2,1H3,(H,17,19)(H,18,20)/t14-/m0/s1. The highest BCUT2D eigenvalue weighted by molar-refractivity contribution is 6.33. The Balaban J connectivity index is 2.09. The number of benzene rings is 1. The van der Waals surface area contributed by atoms with Gasteiger partial charge in [-0.25, -0.2) is 0 Å². The second-order valence-electron chi connectivity index (χ2n) is 5.19. The summed E-state index contributed by atoms with van der Waals surface area (Å²) in [7, 11) is 0. The van der Waals surface area contributed by atoms with Gasteiger partial charge in [0.25, 0.3) is 0 Å².